The second kappa shape index (κ2) is 15.1. The van der Waals surface area contributed by atoms with E-state index in [1.807, 2.05) is 24.3 Å². The Morgan fingerprint density at radius 2 is 1.89 bits per heavy atom. The third-order valence-electron chi connectivity index (χ3n) is 10.4. The number of aromatic nitrogens is 2. The van der Waals surface area contributed by atoms with E-state index < -0.39 is 0 Å². The number of fused-ring (bicyclic) bond motifs is 1. The zero-order valence-electron chi connectivity index (χ0n) is 28.3. The topological polar surface area (TPSA) is 42.6 Å². The number of unbranched alkanes of at least 4 members (excludes halogenated alkanes) is 1. The van der Waals surface area contributed by atoms with Crippen LogP contribution in [0.15, 0.2) is 46.6 Å². The minimum Gasteiger partial charge on any atom is -0.360 e. The van der Waals surface area contributed by atoms with Crippen LogP contribution in [0.5, 0.6) is 0 Å². The molecule has 7 heteroatoms. The van der Waals surface area contributed by atoms with Gasteiger partial charge in [-0.1, -0.05) is 45.7 Å². The molecule has 45 heavy (non-hydrogen) atoms. The zero-order chi connectivity index (χ0) is 32.1. The van der Waals surface area contributed by atoms with Gasteiger partial charge in [0.1, 0.15) is 5.82 Å². The number of ether oxygens (including phenoxy) is 1. The quantitative estimate of drug-likeness (QED) is 0.192. The summed E-state index contributed by atoms with van der Waals surface area (Å²) in [6.45, 7) is 14.3. The number of aryl methyl sites for hydroxylation is 4. The Bertz CT molecular complexity index is 1540. The molecule has 3 atom stereocenters. The minimum atomic E-state index is -0.303. The monoisotopic (exact) mass is 618 g/mol. The SMILES string of the molecule is CCCCc1ccc(C2=NC(COCN3CCC[C@H](C(C)CC)C3)=C(C)C(CCc3cc4c(F)n(C)nc4cc3C)C2)cc1F. The van der Waals surface area contributed by atoms with Crippen molar-refractivity contribution in [3.8, 4) is 0 Å². The van der Waals surface area contributed by atoms with Gasteiger partial charge in [-0.3, -0.25) is 9.89 Å². The molecule has 0 radical (unpaired) electrons. The number of nitrogens with zero attached hydrogens (tertiary/aromatic N) is 4. The van der Waals surface area contributed by atoms with Crippen LogP contribution in [0.2, 0.25) is 0 Å². The van der Waals surface area contributed by atoms with Gasteiger partial charge in [-0.25, -0.2) is 9.07 Å². The molecule has 0 amide bonds. The fourth-order valence-electron chi connectivity index (χ4n) is 7.10. The average molecular weight is 619 g/mol. The number of rotatable bonds is 13. The smallest absolute Gasteiger partial charge is 0.219 e. The molecule has 2 aliphatic heterocycles. The first-order valence-electron chi connectivity index (χ1n) is 17.2. The van der Waals surface area contributed by atoms with Crippen molar-refractivity contribution in [2.24, 2.45) is 29.8 Å². The molecule has 5 nitrogen and oxygen atoms in total. The van der Waals surface area contributed by atoms with Crippen molar-refractivity contribution in [1.29, 1.82) is 0 Å². The molecular weight excluding hydrogens is 566 g/mol. The van der Waals surface area contributed by atoms with Gasteiger partial charge < -0.3 is 4.74 Å². The van der Waals surface area contributed by atoms with Crippen molar-refractivity contribution in [3.05, 3.63) is 75.6 Å². The first kappa shape index (κ1) is 33.5. The average Bonchev–Trinajstić information content (AvgIpc) is 3.31. The summed E-state index contributed by atoms with van der Waals surface area (Å²) in [4.78, 5) is 7.56. The molecule has 0 N–H and O–H groups in total. The van der Waals surface area contributed by atoms with Gasteiger partial charge in [-0.15, -0.1) is 0 Å². The second-order valence-electron chi connectivity index (χ2n) is 13.6. The third-order valence-corrected chi connectivity index (χ3v) is 10.4. The molecule has 244 valence electrons. The fourth-order valence-corrected chi connectivity index (χ4v) is 7.10. The highest BCUT2D eigenvalue weighted by molar-refractivity contribution is 6.02. The highest BCUT2D eigenvalue weighted by atomic mass is 19.1. The number of likely N-dealkylation sites (tertiary alicyclic amines) is 1. The van der Waals surface area contributed by atoms with Crippen LogP contribution in [0.25, 0.3) is 10.9 Å². The molecule has 3 heterocycles. The van der Waals surface area contributed by atoms with Crippen LogP contribution in [0, 0.1) is 36.4 Å². The molecule has 1 fully saturated rings. The van der Waals surface area contributed by atoms with E-state index >= 15 is 4.39 Å². The fraction of sp³-hybridized carbons (Fsp3) is 0.579. The van der Waals surface area contributed by atoms with Gasteiger partial charge in [0.05, 0.1) is 29.9 Å². The van der Waals surface area contributed by atoms with Crippen LogP contribution in [-0.2, 0) is 24.6 Å². The van der Waals surface area contributed by atoms with Crippen molar-refractivity contribution in [3.63, 3.8) is 0 Å². The second-order valence-corrected chi connectivity index (χ2v) is 13.6. The van der Waals surface area contributed by atoms with Crippen LogP contribution in [-0.4, -0.2) is 46.8 Å². The van der Waals surface area contributed by atoms with Gasteiger partial charge in [0.2, 0.25) is 5.95 Å². The lowest BCUT2D eigenvalue weighted by atomic mass is 9.83. The van der Waals surface area contributed by atoms with E-state index in [2.05, 4.69) is 44.6 Å². The molecule has 0 saturated carbocycles. The maximum Gasteiger partial charge on any atom is 0.219 e. The van der Waals surface area contributed by atoms with Crippen LogP contribution >= 0.6 is 0 Å². The number of allylic oxidation sites excluding steroid dienone is 1. The first-order chi connectivity index (χ1) is 21.7. The molecule has 3 aromatic rings. The Labute approximate surface area is 268 Å². The van der Waals surface area contributed by atoms with Crippen molar-refractivity contribution in [2.45, 2.75) is 92.4 Å². The lowest BCUT2D eigenvalue weighted by molar-refractivity contribution is 0.00745. The zero-order valence-corrected chi connectivity index (χ0v) is 28.3. The minimum absolute atomic E-state index is 0.146. The summed E-state index contributed by atoms with van der Waals surface area (Å²) >= 11 is 0. The van der Waals surface area contributed by atoms with E-state index in [0.29, 0.717) is 24.2 Å². The Balaban J connectivity index is 1.34. The molecular formula is C38H52F2N4O. The Morgan fingerprint density at radius 3 is 2.64 bits per heavy atom. The van der Waals surface area contributed by atoms with Crippen LogP contribution in [0.1, 0.15) is 94.9 Å². The van der Waals surface area contributed by atoms with Gasteiger partial charge >= 0.3 is 0 Å². The van der Waals surface area contributed by atoms with E-state index in [9.17, 15) is 4.39 Å². The van der Waals surface area contributed by atoms with E-state index in [-0.39, 0.29) is 17.7 Å². The summed E-state index contributed by atoms with van der Waals surface area (Å²) in [5.41, 5.74) is 7.69. The summed E-state index contributed by atoms with van der Waals surface area (Å²) in [6, 6.07) is 9.59. The normalized spacial score (nSPS) is 20.2. The number of piperidine rings is 1. The predicted molar refractivity (Wildman–Crippen MR) is 181 cm³/mol. The molecule has 0 spiro atoms. The Morgan fingerprint density at radius 1 is 1.07 bits per heavy atom. The van der Waals surface area contributed by atoms with Gasteiger partial charge in [-0.2, -0.15) is 9.49 Å². The molecule has 0 bridgehead atoms. The first-order valence-corrected chi connectivity index (χ1v) is 17.2. The molecule has 1 aromatic heterocycles. The molecule has 5 rings (SSSR count). The van der Waals surface area contributed by atoms with Gasteiger partial charge in [0, 0.05) is 25.8 Å². The third kappa shape index (κ3) is 7.91. The van der Waals surface area contributed by atoms with Crippen molar-refractivity contribution >= 4 is 16.6 Å². The summed E-state index contributed by atoms with van der Waals surface area (Å²) in [5, 5.41) is 4.88. The number of benzene rings is 2. The Kier molecular flexibility index (Phi) is 11.2. The molecule has 2 aliphatic rings. The van der Waals surface area contributed by atoms with Crippen LogP contribution in [0.3, 0.4) is 0 Å². The summed E-state index contributed by atoms with van der Waals surface area (Å²) < 4.78 is 37.5. The lowest BCUT2D eigenvalue weighted by Gasteiger charge is -2.35. The summed E-state index contributed by atoms with van der Waals surface area (Å²) in [7, 11) is 1.64. The number of hydrogen-bond acceptors (Lipinski definition) is 4. The van der Waals surface area contributed by atoms with E-state index in [4.69, 9.17) is 9.73 Å². The van der Waals surface area contributed by atoms with Gasteiger partial charge in [-0.05, 0) is 123 Å². The molecule has 2 unspecified atom stereocenters. The van der Waals surface area contributed by atoms with Crippen LogP contribution < -0.4 is 0 Å². The standard InChI is InChI=1S/C38H52F2N4O/c1-7-9-11-28-13-16-31(20-34(28)39)35-21-30(15-14-29-19-33-36(18-26(29)4)42-43(6)38(33)40)27(5)37(41-35)23-45-24-44-17-10-12-32(22-44)25(3)8-2/h13,16,18-20,25,30,32H,7-12,14-15,17,21-24H2,1-6H3/t25?,30?,32-/m0/s1. The summed E-state index contributed by atoms with van der Waals surface area (Å²) in [6.07, 6.45) is 8.97. The van der Waals surface area contributed by atoms with E-state index in [0.717, 1.165) is 97.1 Å². The van der Waals surface area contributed by atoms with E-state index in [1.165, 1.54) is 29.5 Å². The Hall–Kier alpha value is -2.90. The van der Waals surface area contributed by atoms with Crippen molar-refractivity contribution < 1.29 is 13.5 Å². The number of aliphatic imine (C=N–C) groups is 1. The maximum absolute atomic E-state index is 15.2. The van der Waals surface area contributed by atoms with Crippen molar-refractivity contribution in [2.75, 3.05) is 26.4 Å². The van der Waals surface area contributed by atoms with E-state index in [1.54, 1.807) is 13.1 Å². The van der Waals surface area contributed by atoms with Gasteiger partial charge in [0.15, 0.2) is 0 Å². The largest absolute Gasteiger partial charge is 0.360 e. The van der Waals surface area contributed by atoms with Crippen LogP contribution in [0.4, 0.5) is 8.78 Å². The molecule has 1 saturated heterocycles. The highest BCUT2D eigenvalue weighted by Crippen LogP contribution is 2.33. The molecule has 0 aliphatic carbocycles. The number of halogens is 2. The number of hydrogen-bond donors (Lipinski definition) is 0. The van der Waals surface area contributed by atoms with Gasteiger partial charge in [0.25, 0.3) is 0 Å². The maximum atomic E-state index is 15.2. The summed E-state index contributed by atoms with van der Waals surface area (Å²) in [5.74, 6) is 1.25. The van der Waals surface area contributed by atoms with Crippen molar-refractivity contribution in [1.82, 2.24) is 14.7 Å². The molecule has 2 aromatic carbocycles. The highest BCUT2D eigenvalue weighted by Gasteiger charge is 2.26. The predicted octanol–water partition coefficient (Wildman–Crippen LogP) is 8.95. The lowest BCUT2D eigenvalue weighted by Crippen LogP contribution is -2.39.